The number of anilines is 1. The molecule has 0 radical (unpaired) electrons. The lowest BCUT2D eigenvalue weighted by atomic mass is 9.91. The molecule has 1 aromatic carbocycles. The van der Waals surface area contributed by atoms with Crippen molar-refractivity contribution in [3.63, 3.8) is 0 Å². The summed E-state index contributed by atoms with van der Waals surface area (Å²) in [6.45, 7) is 5.93. The molecule has 0 bridgehead atoms. The van der Waals surface area contributed by atoms with Gasteiger partial charge in [-0.1, -0.05) is 18.1 Å². The van der Waals surface area contributed by atoms with Crippen molar-refractivity contribution < 1.29 is 17.9 Å². The monoisotopic (exact) mass is 509 g/mol. The molecule has 3 heterocycles. The molecule has 3 N–H and O–H groups in total. The molecule has 4 rings (SSSR count). The van der Waals surface area contributed by atoms with E-state index in [1.54, 1.807) is 38.2 Å². The molecule has 1 aliphatic heterocycles. The molecule has 0 amide bonds. The Hall–Kier alpha value is -3.53. The number of fused-ring (bicyclic) bond motifs is 1. The third-order valence-corrected chi connectivity index (χ3v) is 6.44. The minimum Gasteiger partial charge on any atom is -0.381 e. The number of nitriles is 1. The van der Waals surface area contributed by atoms with E-state index in [0.717, 1.165) is 31.6 Å². The van der Waals surface area contributed by atoms with Gasteiger partial charge < -0.3 is 20.4 Å². The smallest absolute Gasteiger partial charge is 0.381 e. The van der Waals surface area contributed by atoms with E-state index < -0.39 is 18.0 Å². The van der Waals surface area contributed by atoms with Gasteiger partial charge in [-0.2, -0.15) is 18.4 Å². The molecule has 0 saturated carbocycles. The first-order chi connectivity index (χ1) is 17.6. The molecule has 194 valence electrons. The first kappa shape index (κ1) is 26.5. The molecule has 0 spiro atoms. The fraction of sp³-hybridized carbons (Fsp3) is 0.429. The Morgan fingerprint density at radius 2 is 1.95 bits per heavy atom. The van der Waals surface area contributed by atoms with E-state index in [-0.39, 0.29) is 17.8 Å². The highest BCUT2D eigenvalue weighted by molar-refractivity contribution is 5.86. The molecule has 1 aliphatic rings. The van der Waals surface area contributed by atoms with Crippen molar-refractivity contribution in [2.24, 2.45) is 0 Å². The molecule has 1 saturated heterocycles. The van der Waals surface area contributed by atoms with Crippen LogP contribution in [0.4, 0.5) is 18.9 Å². The highest BCUT2D eigenvalue weighted by atomic mass is 19.4. The van der Waals surface area contributed by atoms with E-state index in [9.17, 15) is 18.4 Å². The SMILES string of the molecule is CC(C)(C#N)c1ccc(NCC#Cc2[nH]c3cc(CNC4CCOCC4)ccc3c2CC(F)(F)F)cn1. The van der Waals surface area contributed by atoms with Crippen LogP contribution in [0, 0.1) is 23.2 Å². The van der Waals surface area contributed by atoms with Gasteiger partial charge >= 0.3 is 6.18 Å². The molecule has 0 atom stereocenters. The van der Waals surface area contributed by atoms with Gasteiger partial charge in [-0.05, 0) is 56.4 Å². The van der Waals surface area contributed by atoms with Crippen LogP contribution < -0.4 is 10.6 Å². The van der Waals surface area contributed by atoms with Gasteiger partial charge in [-0.15, -0.1) is 0 Å². The number of pyridine rings is 1. The van der Waals surface area contributed by atoms with E-state index >= 15 is 0 Å². The Morgan fingerprint density at radius 1 is 1.16 bits per heavy atom. The van der Waals surface area contributed by atoms with E-state index in [2.05, 4.69) is 38.5 Å². The normalized spacial score (nSPS) is 14.7. The summed E-state index contributed by atoms with van der Waals surface area (Å²) < 4.78 is 45.5. The Labute approximate surface area is 214 Å². The molecule has 2 aromatic heterocycles. The number of halogens is 3. The van der Waals surface area contributed by atoms with E-state index in [1.165, 1.54) is 0 Å². The van der Waals surface area contributed by atoms with Gasteiger partial charge in [0, 0.05) is 42.3 Å². The summed E-state index contributed by atoms with van der Waals surface area (Å²) in [6, 6.07) is 11.7. The third kappa shape index (κ3) is 7.03. The average molecular weight is 510 g/mol. The summed E-state index contributed by atoms with van der Waals surface area (Å²) >= 11 is 0. The van der Waals surface area contributed by atoms with Crippen molar-refractivity contribution in [3.8, 4) is 17.9 Å². The Balaban J connectivity index is 1.48. The zero-order chi connectivity index (χ0) is 26.5. The molecule has 3 aromatic rings. The fourth-order valence-corrected chi connectivity index (χ4v) is 4.27. The van der Waals surface area contributed by atoms with E-state index in [0.29, 0.717) is 34.9 Å². The predicted octanol–water partition coefficient (Wildman–Crippen LogP) is 5.20. The summed E-state index contributed by atoms with van der Waals surface area (Å²) in [4.78, 5) is 7.42. The number of hydrogen-bond donors (Lipinski definition) is 3. The van der Waals surface area contributed by atoms with Gasteiger partial charge in [0.1, 0.15) is 0 Å². The maximum atomic E-state index is 13.4. The third-order valence-electron chi connectivity index (χ3n) is 6.44. The second kappa shape index (κ2) is 11.2. The lowest BCUT2D eigenvalue weighted by Crippen LogP contribution is -2.34. The van der Waals surface area contributed by atoms with Crippen LogP contribution in [-0.4, -0.2) is 41.9 Å². The van der Waals surface area contributed by atoms with Crippen LogP contribution in [0.15, 0.2) is 36.5 Å². The number of aromatic amines is 1. The number of hydrogen-bond acceptors (Lipinski definition) is 5. The number of ether oxygens (including phenoxy) is 1. The number of nitrogens with zero attached hydrogens (tertiary/aromatic N) is 2. The van der Waals surface area contributed by atoms with Gasteiger partial charge in [-0.3, -0.25) is 4.98 Å². The van der Waals surface area contributed by atoms with Gasteiger partial charge in [0.2, 0.25) is 0 Å². The Bertz CT molecular complexity index is 1320. The number of nitrogens with one attached hydrogen (secondary N) is 3. The van der Waals surface area contributed by atoms with Crippen molar-refractivity contribution in [1.29, 1.82) is 5.26 Å². The van der Waals surface area contributed by atoms with E-state index in [4.69, 9.17) is 4.74 Å². The lowest BCUT2D eigenvalue weighted by molar-refractivity contribution is -0.127. The number of aromatic nitrogens is 2. The first-order valence-electron chi connectivity index (χ1n) is 12.3. The molecular weight excluding hydrogens is 479 g/mol. The molecule has 9 heteroatoms. The minimum absolute atomic E-state index is 0.156. The Morgan fingerprint density at radius 3 is 2.62 bits per heavy atom. The molecule has 1 fully saturated rings. The summed E-state index contributed by atoms with van der Waals surface area (Å²) in [5.41, 5.74) is 2.74. The number of H-pyrrole nitrogens is 1. The number of benzene rings is 1. The van der Waals surface area contributed by atoms with Gasteiger partial charge in [0.25, 0.3) is 0 Å². The fourth-order valence-electron chi connectivity index (χ4n) is 4.27. The van der Waals surface area contributed by atoms with Crippen molar-refractivity contribution in [1.82, 2.24) is 15.3 Å². The minimum atomic E-state index is -4.35. The van der Waals surface area contributed by atoms with Crippen LogP contribution in [0.2, 0.25) is 0 Å². The summed E-state index contributed by atoms with van der Waals surface area (Å²) in [6.07, 6.45) is -1.88. The first-order valence-corrected chi connectivity index (χ1v) is 12.3. The summed E-state index contributed by atoms with van der Waals surface area (Å²) in [7, 11) is 0. The maximum Gasteiger partial charge on any atom is 0.393 e. The summed E-state index contributed by atoms with van der Waals surface area (Å²) in [5.74, 6) is 5.79. The largest absolute Gasteiger partial charge is 0.393 e. The molecule has 0 aliphatic carbocycles. The van der Waals surface area contributed by atoms with Crippen LogP contribution in [-0.2, 0) is 23.1 Å². The number of alkyl halides is 3. The second-order valence-electron chi connectivity index (χ2n) is 9.74. The van der Waals surface area contributed by atoms with Crippen LogP contribution in [0.1, 0.15) is 49.2 Å². The van der Waals surface area contributed by atoms with Crippen LogP contribution in [0.5, 0.6) is 0 Å². The standard InChI is InChI=1S/C28H30F3N5O/c1-27(2,18-32)26-8-6-21(17-35-26)33-11-3-4-24-23(15-28(29,30)31)22-7-5-19(14-25(22)36-24)16-34-20-9-12-37-13-10-20/h5-8,14,17,20,33-34,36H,9-13,15-16H2,1-2H3. The second-order valence-corrected chi connectivity index (χ2v) is 9.74. The van der Waals surface area contributed by atoms with Crippen molar-refractivity contribution in [2.75, 3.05) is 25.1 Å². The van der Waals surface area contributed by atoms with Gasteiger partial charge in [0.15, 0.2) is 0 Å². The van der Waals surface area contributed by atoms with Crippen molar-refractivity contribution in [3.05, 3.63) is 59.0 Å². The Kier molecular flexibility index (Phi) is 8.06. The zero-order valence-corrected chi connectivity index (χ0v) is 20.9. The van der Waals surface area contributed by atoms with Crippen LogP contribution >= 0.6 is 0 Å². The molecular formula is C28H30F3N5O. The predicted molar refractivity (Wildman–Crippen MR) is 137 cm³/mol. The molecule has 6 nitrogen and oxygen atoms in total. The van der Waals surface area contributed by atoms with Crippen LogP contribution in [0.25, 0.3) is 10.9 Å². The highest BCUT2D eigenvalue weighted by Crippen LogP contribution is 2.30. The van der Waals surface area contributed by atoms with Crippen LogP contribution in [0.3, 0.4) is 0 Å². The van der Waals surface area contributed by atoms with Gasteiger partial charge in [0.05, 0.1) is 47.7 Å². The molecule has 0 unspecified atom stereocenters. The highest BCUT2D eigenvalue weighted by Gasteiger charge is 2.30. The topological polar surface area (TPSA) is 85.8 Å². The van der Waals surface area contributed by atoms with Crippen molar-refractivity contribution in [2.45, 2.75) is 57.3 Å². The van der Waals surface area contributed by atoms with E-state index in [1.807, 2.05) is 12.1 Å². The lowest BCUT2D eigenvalue weighted by Gasteiger charge is -2.23. The average Bonchev–Trinajstić information content (AvgIpc) is 3.21. The maximum absolute atomic E-state index is 13.4. The number of rotatable bonds is 7. The van der Waals surface area contributed by atoms with Gasteiger partial charge in [-0.25, -0.2) is 0 Å². The summed E-state index contributed by atoms with van der Waals surface area (Å²) in [5, 5.41) is 16.4. The van der Waals surface area contributed by atoms with Crippen molar-refractivity contribution >= 4 is 16.6 Å². The molecule has 37 heavy (non-hydrogen) atoms. The quantitative estimate of drug-likeness (QED) is 0.381. The zero-order valence-electron chi connectivity index (χ0n) is 20.9.